The number of hydrogen-bond donors (Lipinski definition) is 1. The summed E-state index contributed by atoms with van der Waals surface area (Å²) in [6, 6.07) is 15.9. The van der Waals surface area contributed by atoms with Crippen molar-refractivity contribution in [3.63, 3.8) is 0 Å². The van der Waals surface area contributed by atoms with Crippen molar-refractivity contribution in [1.82, 2.24) is 5.32 Å². The fraction of sp³-hybridized carbons (Fsp3) is 0.364. The third kappa shape index (κ3) is 5.25. The molecule has 1 aliphatic rings. The van der Waals surface area contributed by atoms with Gasteiger partial charge in [-0.2, -0.15) is 0 Å². The Hall–Kier alpha value is -3.02. The molecule has 6 nitrogen and oxygen atoms in total. The molecule has 0 saturated carbocycles. The minimum absolute atomic E-state index is 0.0936. The average molecular weight is 383 g/mol. The zero-order valence-corrected chi connectivity index (χ0v) is 16.1. The number of rotatable bonds is 7. The Labute approximate surface area is 164 Å². The molecule has 2 aromatic carbocycles. The maximum absolute atomic E-state index is 12.7. The number of carbonyl (C=O) groups is 2. The van der Waals surface area contributed by atoms with Crippen molar-refractivity contribution in [2.45, 2.75) is 39.0 Å². The Morgan fingerprint density at radius 2 is 1.75 bits per heavy atom. The summed E-state index contributed by atoms with van der Waals surface area (Å²) in [5.41, 5.74) is 0.895. The standard InChI is InChI=1S/C22H25NO5/c1-15(2)12-17(22(25)27-13-16-8-4-3-5-9-16)23-21(24)20-14-26-18-10-6-7-11-19(18)28-20/h3-11,15,17,20H,12-14H2,1-2H3,(H,23,24)/t17-,20-/m0/s1. The van der Waals surface area contributed by atoms with Gasteiger partial charge in [0.1, 0.15) is 19.3 Å². The fourth-order valence-corrected chi connectivity index (χ4v) is 2.93. The van der Waals surface area contributed by atoms with Crippen molar-refractivity contribution in [2.24, 2.45) is 5.92 Å². The molecule has 1 heterocycles. The van der Waals surface area contributed by atoms with Crippen molar-refractivity contribution in [3.05, 3.63) is 60.2 Å². The summed E-state index contributed by atoms with van der Waals surface area (Å²) in [7, 11) is 0. The Bertz CT molecular complexity index is 806. The molecule has 0 radical (unpaired) electrons. The second kappa shape index (κ2) is 9.26. The lowest BCUT2D eigenvalue weighted by Crippen LogP contribution is -2.50. The van der Waals surface area contributed by atoms with E-state index >= 15 is 0 Å². The predicted octanol–water partition coefficient (Wildman–Crippen LogP) is 3.10. The van der Waals surface area contributed by atoms with E-state index in [0.717, 1.165) is 5.56 Å². The van der Waals surface area contributed by atoms with Crippen LogP contribution in [0.5, 0.6) is 11.5 Å². The Balaban J connectivity index is 1.60. The highest BCUT2D eigenvalue weighted by molar-refractivity contribution is 5.87. The van der Waals surface area contributed by atoms with Crippen molar-refractivity contribution in [2.75, 3.05) is 6.61 Å². The molecule has 0 saturated heterocycles. The Kier molecular flexibility index (Phi) is 6.53. The van der Waals surface area contributed by atoms with Crippen LogP contribution < -0.4 is 14.8 Å². The smallest absolute Gasteiger partial charge is 0.328 e. The molecule has 0 bridgehead atoms. The minimum atomic E-state index is -0.813. The summed E-state index contributed by atoms with van der Waals surface area (Å²) in [5, 5.41) is 2.77. The van der Waals surface area contributed by atoms with Gasteiger partial charge in [0.25, 0.3) is 5.91 Å². The van der Waals surface area contributed by atoms with Crippen molar-refractivity contribution in [1.29, 1.82) is 0 Å². The first-order valence-electron chi connectivity index (χ1n) is 9.42. The fourth-order valence-electron chi connectivity index (χ4n) is 2.93. The summed E-state index contributed by atoms with van der Waals surface area (Å²) in [6.45, 7) is 4.23. The van der Waals surface area contributed by atoms with Gasteiger partial charge < -0.3 is 19.5 Å². The highest BCUT2D eigenvalue weighted by Gasteiger charge is 2.31. The number of para-hydroxylation sites is 2. The van der Waals surface area contributed by atoms with Gasteiger partial charge in [-0.25, -0.2) is 4.79 Å². The number of nitrogens with one attached hydrogen (secondary N) is 1. The lowest BCUT2D eigenvalue weighted by Gasteiger charge is -2.27. The molecule has 2 aromatic rings. The average Bonchev–Trinajstić information content (AvgIpc) is 2.71. The lowest BCUT2D eigenvalue weighted by molar-refractivity contribution is -0.150. The first-order chi connectivity index (χ1) is 13.5. The number of fused-ring (bicyclic) bond motifs is 1. The van der Waals surface area contributed by atoms with E-state index in [4.69, 9.17) is 14.2 Å². The maximum atomic E-state index is 12.7. The van der Waals surface area contributed by atoms with Crippen molar-refractivity contribution < 1.29 is 23.8 Å². The van der Waals surface area contributed by atoms with Gasteiger partial charge in [0.2, 0.25) is 6.10 Å². The topological polar surface area (TPSA) is 73.9 Å². The lowest BCUT2D eigenvalue weighted by atomic mass is 10.0. The summed E-state index contributed by atoms with van der Waals surface area (Å²) in [4.78, 5) is 25.2. The van der Waals surface area contributed by atoms with Gasteiger partial charge in [0.15, 0.2) is 11.5 Å². The number of carbonyl (C=O) groups excluding carboxylic acids is 2. The number of ether oxygens (including phenoxy) is 3. The van der Waals surface area contributed by atoms with Gasteiger partial charge in [-0.15, -0.1) is 0 Å². The van der Waals surface area contributed by atoms with E-state index in [-0.39, 0.29) is 19.1 Å². The largest absolute Gasteiger partial charge is 0.485 e. The maximum Gasteiger partial charge on any atom is 0.328 e. The third-order valence-electron chi connectivity index (χ3n) is 4.33. The van der Waals surface area contributed by atoms with E-state index in [0.29, 0.717) is 17.9 Å². The summed E-state index contributed by atoms with van der Waals surface area (Å²) < 4.78 is 16.7. The van der Waals surface area contributed by atoms with Gasteiger partial charge in [-0.3, -0.25) is 4.79 Å². The van der Waals surface area contributed by atoms with E-state index < -0.39 is 24.0 Å². The van der Waals surface area contributed by atoms with Crippen LogP contribution in [0.2, 0.25) is 0 Å². The monoisotopic (exact) mass is 383 g/mol. The molecule has 0 spiro atoms. The molecule has 0 aromatic heterocycles. The number of amides is 1. The van der Waals surface area contributed by atoms with Gasteiger partial charge in [0, 0.05) is 0 Å². The van der Waals surface area contributed by atoms with Gasteiger partial charge >= 0.3 is 5.97 Å². The van der Waals surface area contributed by atoms with Gasteiger partial charge in [0.05, 0.1) is 0 Å². The van der Waals surface area contributed by atoms with E-state index in [1.165, 1.54) is 0 Å². The van der Waals surface area contributed by atoms with Crippen LogP contribution in [0.1, 0.15) is 25.8 Å². The quantitative estimate of drug-likeness (QED) is 0.744. The number of benzene rings is 2. The van der Waals surface area contributed by atoms with Crippen molar-refractivity contribution >= 4 is 11.9 Å². The minimum Gasteiger partial charge on any atom is -0.485 e. The first-order valence-corrected chi connectivity index (χ1v) is 9.42. The Morgan fingerprint density at radius 1 is 1.07 bits per heavy atom. The molecule has 3 rings (SSSR count). The van der Waals surface area contributed by atoms with Crippen LogP contribution in [0, 0.1) is 5.92 Å². The molecule has 1 aliphatic heterocycles. The number of esters is 1. The second-order valence-electron chi connectivity index (χ2n) is 7.15. The molecule has 0 fully saturated rings. The van der Waals surface area contributed by atoms with E-state index in [1.807, 2.05) is 56.3 Å². The van der Waals surface area contributed by atoms with Crippen LogP contribution in [0.3, 0.4) is 0 Å². The van der Waals surface area contributed by atoms with Crippen LogP contribution in [-0.4, -0.2) is 30.6 Å². The second-order valence-corrected chi connectivity index (χ2v) is 7.15. The van der Waals surface area contributed by atoms with Crippen LogP contribution >= 0.6 is 0 Å². The van der Waals surface area contributed by atoms with Gasteiger partial charge in [-0.1, -0.05) is 56.3 Å². The highest BCUT2D eigenvalue weighted by Crippen LogP contribution is 2.30. The highest BCUT2D eigenvalue weighted by atomic mass is 16.6. The molecule has 28 heavy (non-hydrogen) atoms. The van der Waals surface area contributed by atoms with E-state index in [1.54, 1.807) is 12.1 Å². The molecule has 6 heteroatoms. The van der Waals surface area contributed by atoms with Crippen LogP contribution in [0.4, 0.5) is 0 Å². The molecule has 1 amide bonds. The summed E-state index contributed by atoms with van der Waals surface area (Å²) in [6.07, 6.45) is -0.338. The van der Waals surface area contributed by atoms with E-state index in [2.05, 4.69) is 5.32 Å². The summed E-state index contributed by atoms with van der Waals surface area (Å²) >= 11 is 0. The SMILES string of the molecule is CC(C)C[C@H](NC(=O)[C@@H]1COc2ccccc2O1)C(=O)OCc1ccccc1. The first kappa shape index (κ1) is 19.7. The normalized spacial score (nSPS) is 16.3. The molecular weight excluding hydrogens is 358 g/mol. The van der Waals surface area contributed by atoms with Crippen LogP contribution in [-0.2, 0) is 20.9 Å². The number of hydrogen-bond acceptors (Lipinski definition) is 5. The predicted molar refractivity (Wildman–Crippen MR) is 104 cm³/mol. The molecule has 0 aliphatic carbocycles. The van der Waals surface area contributed by atoms with Crippen LogP contribution in [0.25, 0.3) is 0 Å². The van der Waals surface area contributed by atoms with Crippen molar-refractivity contribution in [3.8, 4) is 11.5 Å². The molecule has 148 valence electrons. The summed E-state index contributed by atoms with van der Waals surface area (Å²) in [5.74, 6) is 0.479. The Morgan fingerprint density at radius 3 is 2.46 bits per heavy atom. The van der Waals surface area contributed by atoms with Crippen LogP contribution in [0.15, 0.2) is 54.6 Å². The molecule has 1 N–H and O–H groups in total. The third-order valence-corrected chi connectivity index (χ3v) is 4.33. The van der Waals surface area contributed by atoms with Gasteiger partial charge in [-0.05, 0) is 30.0 Å². The molecule has 2 atom stereocenters. The molecule has 0 unspecified atom stereocenters. The molecular formula is C22H25NO5. The zero-order chi connectivity index (χ0) is 19.9. The van der Waals surface area contributed by atoms with E-state index in [9.17, 15) is 9.59 Å². The zero-order valence-electron chi connectivity index (χ0n) is 16.1.